The summed E-state index contributed by atoms with van der Waals surface area (Å²) < 4.78 is 1.74. The Hall–Kier alpha value is -0.620. The van der Waals surface area contributed by atoms with Crippen molar-refractivity contribution < 1.29 is 0 Å². The van der Waals surface area contributed by atoms with Gasteiger partial charge >= 0.3 is 0 Å². The maximum Gasteiger partial charge on any atom is 0.209 e. The lowest BCUT2D eigenvalue weighted by atomic mass is 9.95. The molecular weight excluding hydrogens is 210 g/mol. The van der Waals surface area contributed by atoms with Crippen molar-refractivity contribution in [1.29, 1.82) is 0 Å². The molecule has 0 aromatic carbocycles. The molecule has 2 atom stereocenters. The minimum Gasteiger partial charge on any atom is -0.316 e. The zero-order valence-corrected chi connectivity index (χ0v) is 10.00. The van der Waals surface area contributed by atoms with Crippen LogP contribution in [0.3, 0.4) is 0 Å². The second kappa shape index (κ2) is 4.94. The molecule has 6 heteroatoms. The van der Waals surface area contributed by atoms with Gasteiger partial charge in [0, 0.05) is 18.3 Å². The Morgan fingerprint density at radius 3 is 2.87 bits per heavy atom. The van der Waals surface area contributed by atoms with Gasteiger partial charge in [0.1, 0.15) is 0 Å². The summed E-state index contributed by atoms with van der Waals surface area (Å²) in [6.45, 7) is 0. The molecule has 1 heterocycles. The van der Waals surface area contributed by atoms with Gasteiger partial charge in [0.25, 0.3) is 0 Å². The number of aromatic nitrogens is 4. The number of hydrogen-bond acceptors (Lipinski definition) is 5. The van der Waals surface area contributed by atoms with E-state index < -0.39 is 0 Å². The molecule has 0 saturated heterocycles. The van der Waals surface area contributed by atoms with Gasteiger partial charge in [-0.15, -0.1) is 5.10 Å². The zero-order valence-electron chi connectivity index (χ0n) is 9.18. The highest BCUT2D eigenvalue weighted by Crippen LogP contribution is 2.32. The van der Waals surface area contributed by atoms with Gasteiger partial charge in [-0.1, -0.05) is 24.6 Å². The number of aryl methyl sites for hydroxylation is 1. The molecule has 1 saturated carbocycles. The summed E-state index contributed by atoms with van der Waals surface area (Å²) in [6, 6.07) is 0.598. The summed E-state index contributed by atoms with van der Waals surface area (Å²) in [7, 11) is 3.93. The van der Waals surface area contributed by atoms with Crippen LogP contribution in [-0.4, -0.2) is 38.5 Å². The summed E-state index contributed by atoms with van der Waals surface area (Å²) in [6.07, 6.45) is 5.17. The molecule has 2 unspecified atom stereocenters. The van der Waals surface area contributed by atoms with Crippen LogP contribution in [0, 0.1) is 0 Å². The number of nitrogens with zero attached hydrogens (tertiary/aromatic N) is 4. The fourth-order valence-corrected chi connectivity index (χ4v) is 3.29. The molecule has 0 bridgehead atoms. The van der Waals surface area contributed by atoms with Crippen molar-refractivity contribution in [2.75, 3.05) is 7.05 Å². The Morgan fingerprint density at radius 1 is 1.40 bits per heavy atom. The molecular formula is C9H17N5S. The van der Waals surface area contributed by atoms with E-state index in [1.165, 1.54) is 25.7 Å². The van der Waals surface area contributed by atoms with Gasteiger partial charge in [0.2, 0.25) is 5.16 Å². The Balaban J connectivity index is 2.00. The van der Waals surface area contributed by atoms with Crippen LogP contribution in [0.1, 0.15) is 25.7 Å². The van der Waals surface area contributed by atoms with Crippen LogP contribution in [-0.2, 0) is 7.05 Å². The predicted molar refractivity (Wildman–Crippen MR) is 59.8 cm³/mol. The zero-order chi connectivity index (χ0) is 10.7. The van der Waals surface area contributed by atoms with E-state index in [-0.39, 0.29) is 0 Å². The third kappa shape index (κ3) is 2.49. The normalized spacial score (nSPS) is 26.8. The molecule has 0 aliphatic heterocycles. The summed E-state index contributed by atoms with van der Waals surface area (Å²) in [4.78, 5) is 0. The first-order valence-corrected chi connectivity index (χ1v) is 6.25. The van der Waals surface area contributed by atoms with Crippen LogP contribution < -0.4 is 5.32 Å². The van der Waals surface area contributed by atoms with Crippen LogP contribution >= 0.6 is 11.8 Å². The molecule has 1 aliphatic rings. The van der Waals surface area contributed by atoms with Crippen LogP contribution in [0.2, 0.25) is 0 Å². The molecule has 1 fully saturated rings. The molecule has 84 valence electrons. The highest BCUT2D eigenvalue weighted by atomic mass is 32.2. The second-order valence-corrected chi connectivity index (χ2v) is 5.13. The van der Waals surface area contributed by atoms with Crippen molar-refractivity contribution >= 4 is 11.8 Å². The Bertz CT molecular complexity index is 313. The minimum atomic E-state index is 0.598. The van der Waals surface area contributed by atoms with E-state index in [4.69, 9.17) is 0 Å². The molecule has 1 N–H and O–H groups in total. The quantitative estimate of drug-likeness (QED) is 0.829. The van der Waals surface area contributed by atoms with E-state index in [9.17, 15) is 0 Å². The topological polar surface area (TPSA) is 55.6 Å². The summed E-state index contributed by atoms with van der Waals surface area (Å²) in [5.41, 5.74) is 0. The maximum atomic E-state index is 4.02. The van der Waals surface area contributed by atoms with Crippen LogP contribution in [0.15, 0.2) is 5.16 Å². The molecule has 5 nitrogen and oxygen atoms in total. The monoisotopic (exact) mass is 227 g/mol. The Kier molecular flexibility index (Phi) is 3.58. The van der Waals surface area contributed by atoms with Gasteiger partial charge < -0.3 is 5.32 Å². The lowest BCUT2D eigenvalue weighted by Crippen LogP contribution is -2.38. The van der Waals surface area contributed by atoms with E-state index in [1.807, 2.05) is 14.1 Å². The number of tetrazole rings is 1. The first-order chi connectivity index (χ1) is 7.31. The van der Waals surface area contributed by atoms with Crippen molar-refractivity contribution in [3.63, 3.8) is 0 Å². The smallest absolute Gasteiger partial charge is 0.209 e. The van der Waals surface area contributed by atoms with Gasteiger partial charge in [0.05, 0.1) is 0 Å². The standard InChI is InChI=1S/C9H17N5S/c1-10-7-5-3-4-6-8(7)15-9-11-12-13-14(9)2/h7-8,10H,3-6H2,1-2H3. The highest BCUT2D eigenvalue weighted by molar-refractivity contribution is 7.99. The highest BCUT2D eigenvalue weighted by Gasteiger charge is 2.26. The molecule has 2 rings (SSSR count). The molecule has 1 aromatic rings. The predicted octanol–water partition coefficient (Wildman–Crippen LogP) is 0.833. The number of thioether (sulfide) groups is 1. The molecule has 1 aromatic heterocycles. The maximum absolute atomic E-state index is 4.02. The average Bonchev–Trinajstić information content (AvgIpc) is 2.65. The third-order valence-electron chi connectivity index (χ3n) is 2.91. The van der Waals surface area contributed by atoms with Crippen LogP contribution in [0.4, 0.5) is 0 Å². The van der Waals surface area contributed by atoms with E-state index >= 15 is 0 Å². The Labute approximate surface area is 94.0 Å². The van der Waals surface area contributed by atoms with E-state index in [1.54, 1.807) is 16.4 Å². The van der Waals surface area contributed by atoms with E-state index in [2.05, 4.69) is 20.8 Å². The number of rotatable bonds is 3. The molecule has 0 radical (unpaired) electrons. The van der Waals surface area contributed by atoms with E-state index in [0.29, 0.717) is 11.3 Å². The van der Waals surface area contributed by atoms with Crippen molar-refractivity contribution in [3.8, 4) is 0 Å². The van der Waals surface area contributed by atoms with Crippen molar-refractivity contribution in [2.24, 2.45) is 7.05 Å². The molecule has 1 aliphatic carbocycles. The third-order valence-corrected chi connectivity index (χ3v) is 4.34. The van der Waals surface area contributed by atoms with Gasteiger partial charge in [-0.05, 0) is 30.3 Å². The fourth-order valence-electron chi connectivity index (χ4n) is 2.02. The minimum absolute atomic E-state index is 0.598. The molecule has 0 spiro atoms. The average molecular weight is 227 g/mol. The first-order valence-electron chi connectivity index (χ1n) is 5.37. The molecule has 0 amide bonds. The van der Waals surface area contributed by atoms with Gasteiger partial charge in [-0.3, -0.25) is 0 Å². The summed E-state index contributed by atoms with van der Waals surface area (Å²) in [5, 5.41) is 16.4. The van der Waals surface area contributed by atoms with Gasteiger partial charge in [-0.2, -0.15) is 0 Å². The molecule has 15 heavy (non-hydrogen) atoms. The number of hydrogen-bond donors (Lipinski definition) is 1. The lowest BCUT2D eigenvalue weighted by molar-refractivity contribution is 0.404. The summed E-state index contributed by atoms with van der Waals surface area (Å²) >= 11 is 1.79. The fraction of sp³-hybridized carbons (Fsp3) is 0.889. The first kappa shape index (κ1) is 10.9. The van der Waals surface area contributed by atoms with Crippen molar-refractivity contribution in [3.05, 3.63) is 0 Å². The van der Waals surface area contributed by atoms with Crippen LogP contribution in [0.25, 0.3) is 0 Å². The number of nitrogens with one attached hydrogen (secondary N) is 1. The SMILES string of the molecule is CNC1CCCCC1Sc1nnnn1C. The summed E-state index contributed by atoms with van der Waals surface area (Å²) in [5.74, 6) is 0. The van der Waals surface area contributed by atoms with Gasteiger partial charge in [-0.25, -0.2) is 4.68 Å². The van der Waals surface area contributed by atoms with Crippen LogP contribution in [0.5, 0.6) is 0 Å². The van der Waals surface area contributed by atoms with E-state index in [0.717, 1.165) is 5.16 Å². The second-order valence-electron chi connectivity index (χ2n) is 3.92. The largest absolute Gasteiger partial charge is 0.316 e. The van der Waals surface area contributed by atoms with Gasteiger partial charge in [0.15, 0.2) is 0 Å². The lowest BCUT2D eigenvalue weighted by Gasteiger charge is -2.29. The van der Waals surface area contributed by atoms with Crippen molar-refractivity contribution in [2.45, 2.75) is 42.1 Å². The van der Waals surface area contributed by atoms with Crippen molar-refractivity contribution in [1.82, 2.24) is 25.5 Å². The Morgan fingerprint density at radius 2 is 2.20 bits per heavy atom.